The number of nitrogens with zero attached hydrogens (tertiary/aromatic N) is 1. The molecule has 116 valence electrons. The van der Waals surface area contributed by atoms with E-state index in [4.69, 9.17) is 23.2 Å². The minimum atomic E-state index is -0.414. The highest BCUT2D eigenvalue weighted by Gasteiger charge is 2.03. The number of halogens is 2. The van der Waals surface area contributed by atoms with Crippen LogP contribution in [0.15, 0.2) is 42.5 Å². The lowest BCUT2D eigenvalue weighted by Gasteiger charge is -2.08. The molecule has 0 amide bonds. The molecule has 0 unspecified atom stereocenters. The van der Waals surface area contributed by atoms with Crippen LogP contribution in [0.1, 0.15) is 5.56 Å². The highest BCUT2D eigenvalue weighted by atomic mass is 35.5. The summed E-state index contributed by atoms with van der Waals surface area (Å²) in [5.74, 6) is 0. The largest absolute Gasteiger partial charge is 0.384 e. The lowest BCUT2D eigenvalue weighted by molar-refractivity contribution is -0.384. The molecule has 2 aromatic rings. The number of non-ortho nitro benzene ring substituents is 1. The Bertz CT molecular complexity index is 648. The van der Waals surface area contributed by atoms with Gasteiger partial charge in [0.25, 0.3) is 5.69 Å². The molecular formula is C15H15Cl2N3O2. The predicted molar refractivity (Wildman–Crippen MR) is 89.8 cm³/mol. The Balaban J connectivity index is 1.70. The maximum Gasteiger partial charge on any atom is 0.269 e. The first kappa shape index (κ1) is 16.5. The zero-order chi connectivity index (χ0) is 15.9. The van der Waals surface area contributed by atoms with Gasteiger partial charge in [0.05, 0.1) is 15.0 Å². The summed E-state index contributed by atoms with van der Waals surface area (Å²) in [5.41, 5.74) is 2.00. The zero-order valence-electron chi connectivity index (χ0n) is 11.7. The summed E-state index contributed by atoms with van der Waals surface area (Å²) < 4.78 is 0. The minimum absolute atomic E-state index is 0.0864. The SMILES string of the molecule is O=[N+]([O-])c1ccc(NCCNCc2ccc(Cl)c(Cl)c2)cc1. The molecule has 0 aliphatic carbocycles. The first-order valence-electron chi connectivity index (χ1n) is 6.69. The van der Waals surface area contributed by atoms with E-state index in [1.54, 1.807) is 18.2 Å². The van der Waals surface area contributed by atoms with Crippen LogP contribution >= 0.6 is 23.2 Å². The quantitative estimate of drug-likeness (QED) is 0.452. The number of anilines is 1. The summed E-state index contributed by atoms with van der Waals surface area (Å²) in [7, 11) is 0. The van der Waals surface area contributed by atoms with Crippen LogP contribution in [-0.4, -0.2) is 18.0 Å². The second-order valence-electron chi connectivity index (χ2n) is 4.66. The van der Waals surface area contributed by atoms with Crippen molar-refractivity contribution in [3.05, 3.63) is 68.2 Å². The molecule has 2 rings (SSSR count). The molecule has 0 saturated carbocycles. The van der Waals surface area contributed by atoms with Crippen LogP contribution in [0, 0.1) is 10.1 Å². The molecule has 0 atom stereocenters. The Labute approximate surface area is 138 Å². The van der Waals surface area contributed by atoms with Gasteiger partial charge in [0.2, 0.25) is 0 Å². The monoisotopic (exact) mass is 339 g/mol. The van der Waals surface area contributed by atoms with Crippen molar-refractivity contribution in [1.29, 1.82) is 0 Å². The van der Waals surface area contributed by atoms with Gasteiger partial charge in [-0.15, -0.1) is 0 Å². The lowest BCUT2D eigenvalue weighted by atomic mass is 10.2. The summed E-state index contributed by atoms with van der Waals surface area (Å²) in [6.07, 6.45) is 0. The van der Waals surface area contributed by atoms with Gasteiger partial charge in [0, 0.05) is 37.5 Å². The van der Waals surface area contributed by atoms with Crippen molar-refractivity contribution < 1.29 is 4.92 Å². The predicted octanol–water partition coefficient (Wildman–Crippen LogP) is 4.10. The van der Waals surface area contributed by atoms with Gasteiger partial charge in [-0.05, 0) is 29.8 Å². The summed E-state index contributed by atoms with van der Waals surface area (Å²) in [6.45, 7) is 2.15. The molecule has 0 heterocycles. The van der Waals surface area contributed by atoms with Crippen LogP contribution < -0.4 is 10.6 Å². The highest BCUT2D eigenvalue weighted by molar-refractivity contribution is 6.42. The van der Waals surface area contributed by atoms with Crippen molar-refractivity contribution in [3.63, 3.8) is 0 Å². The third-order valence-electron chi connectivity index (χ3n) is 3.02. The van der Waals surface area contributed by atoms with Gasteiger partial charge in [0.15, 0.2) is 0 Å². The van der Waals surface area contributed by atoms with Crippen molar-refractivity contribution in [2.24, 2.45) is 0 Å². The number of nitro benzene ring substituents is 1. The molecule has 2 aromatic carbocycles. The number of benzene rings is 2. The van der Waals surface area contributed by atoms with E-state index in [0.717, 1.165) is 17.8 Å². The highest BCUT2D eigenvalue weighted by Crippen LogP contribution is 2.22. The fourth-order valence-corrected chi connectivity index (χ4v) is 2.20. The Morgan fingerprint density at radius 1 is 1.00 bits per heavy atom. The Morgan fingerprint density at radius 2 is 1.73 bits per heavy atom. The standard InChI is InChI=1S/C15H15Cl2N3O2/c16-14-6-1-11(9-15(14)17)10-18-7-8-19-12-2-4-13(5-3-12)20(21)22/h1-6,9,18-19H,7-8,10H2. The maximum atomic E-state index is 10.5. The average Bonchev–Trinajstić information content (AvgIpc) is 2.51. The second kappa shape index (κ2) is 7.98. The van der Waals surface area contributed by atoms with Crippen molar-refractivity contribution in [2.75, 3.05) is 18.4 Å². The number of nitro groups is 1. The van der Waals surface area contributed by atoms with Gasteiger partial charge >= 0.3 is 0 Å². The third-order valence-corrected chi connectivity index (χ3v) is 3.76. The van der Waals surface area contributed by atoms with Crippen molar-refractivity contribution in [2.45, 2.75) is 6.54 Å². The minimum Gasteiger partial charge on any atom is -0.384 e. The second-order valence-corrected chi connectivity index (χ2v) is 5.47. The van der Waals surface area contributed by atoms with E-state index in [1.165, 1.54) is 12.1 Å². The maximum absolute atomic E-state index is 10.5. The first-order chi connectivity index (χ1) is 10.6. The van der Waals surface area contributed by atoms with E-state index in [9.17, 15) is 10.1 Å². The summed E-state index contributed by atoms with van der Waals surface area (Å²) in [6, 6.07) is 11.9. The van der Waals surface area contributed by atoms with Crippen LogP contribution in [0.5, 0.6) is 0 Å². The summed E-state index contributed by atoms with van der Waals surface area (Å²) in [4.78, 5) is 10.1. The Kier molecular flexibility index (Phi) is 6.00. The molecule has 0 bridgehead atoms. The normalized spacial score (nSPS) is 10.5. The molecule has 5 nitrogen and oxygen atoms in total. The zero-order valence-corrected chi connectivity index (χ0v) is 13.2. The number of nitrogens with one attached hydrogen (secondary N) is 2. The molecule has 22 heavy (non-hydrogen) atoms. The van der Waals surface area contributed by atoms with Crippen molar-refractivity contribution in [3.8, 4) is 0 Å². The van der Waals surface area contributed by atoms with Gasteiger partial charge in [-0.25, -0.2) is 0 Å². The van der Waals surface area contributed by atoms with E-state index < -0.39 is 4.92 Å². The molecule has 7 heteroatoms. The number of hydrogen-bond acceptors (Lipinski definition) is 4. The van der Waals surface area contributed by atoms with Gasteiger partial charge in [0.1, 0.15) is 0 Å². The molecule has 0 aromatic heterocycles. The van der Waals surface area contributed by atoms with E-state index in [0.29, 0.717) is 23.1 Å². The van der Waals surface area contributed by atoms with Crippen LogP contribution in [0.3, 0.4) is 0 Å². The molecular weight excluding hydrogens is 325 g/mol. The molecule has 0 aliphatic heterocycles. The topological polar surface area (TPSA) is 67.2 Å². The van der Waals surface area contributed by atoms with Gasteiger partial charge in [-0.2, -0.15) is 0 Å². The molecule has 0 spiro atoms. The average molecular weight is 340 g/mol. The van der Waals surface area contributed by atoms with E-state index in [-0.39, 0.29) is 5.69 Å². The van der Waals surface area contributed by atoms with Crippen molar-refractivity contribution >= 4 is 34.6 Å². The molecule has 0 fully saturated rings. The van der Waals surface area contributed by atoms with Gasteiger partial charge in [-0.1, -0.05) is 29.3 Å². The smallest absolute Gasteiger partial charge is 0.269 e. The summed E-state index contributed by atoms with van der Waals surface area (Å²) in [5, 5.41) is 18.1. The number of hydrogen-bond donors (Lipinski definition) is 2. The Hall–Kier alpha value is -1.82. The fraction of sp³-hybridized carbons (Fsp3) is 0.200. The summed E-state index contributed by atoms with van der Waals surface area (Å²) >= 11 is 11.8. The first-order valence-corrected chi connectivity index (χ1v) is 7.45. The molecule has 0 aliphatic rings. The van der Waals surface area contributed by atoms with E-state index in [2.05, 4.69) is 10.6 Å². The Morgan fingerprint density at radius 3 is 2.36 bits per heavy atom. The van der Waals surface area contributed by atoms with E-state index in [1.807, 2.05) is 12.1 Å². The van der Waals surface area contributed by atoms with E-state index >= 15 is 0 Å². The van der Waals surface area contributed by atoms with Crippen molar-refractivity contribution in [1.82, 2.24) is 5.32 Å². The van der Waals surface area contributed by atoms with Crippen LogP contribution in [-0.2, 0) is 6.54 Å². The fourth-order valence-electron chi connectivity index (χ4n) is 1.88. The van der Waals surface area contributed by atoms with Crippen LogP contribution in [0.25, 0.3) is 0 Å². The lowest BCUT2D eigenvalue weighted by Crippen LogP contribution is -2.21. The van der Waals surface area contributed by atoms with Gasteiger partial charge < -0.3 is 10.6 Å². The molecule has 0 radical (unpaired) electrons. The van der Waals surface area contributed by atoms with Crippen LogP contribution in [0.4, 0.5) is 11.4 Å². The molecule has 2 N–H and O–H groups in total. The molecule has 0 saturated heterocycles. The van der Waals surface area contributed by atoms with Gasteiger partial charge in [-0.3, -0.25) is 10.1 Å². The van der Waals surface area contributed by atoms with Crippen LogP contribution in [0.2, 0.25) is 10.0 Å². The number of rotatable bonds is 7. The third kappa shape index (κ3) is 4.87.